The monoisotopic (exact) mass is 140 g/mol. The van der Waals surface area contributed by atoms with Crippen LogP contribution in [0.15, 0.2) is 12.7 Å². The minimum absolute atomic E-state index is 0.0833. The Bertz CT molecular complexity index is 132. The molecule has 0 bridgehead atoms. The minimum Gasteiger partial charge on any atom is -0.284 e. The molecule has 0 aromatic heterocycles. The number of nitrogens with zero attached hydrogens (tertiary/aromatic N) is 2. The van der Waals surface area contributed by atoms with Crippen LogP contribution in [-0.4, -0.2) is 42.6 Å². The summed E-state index contributed by atoms with van der Waals surface area (Å²) in [7, 11) is 4.26. The van der Waals surface area contributed by atoms with Gasteiger partial charge in [-0.1, -0.05) is 12.7 Å². The zero-order valence-corrected chi connectivity index (χ0v) is 7.09. The van der Waals surface area contributed by atoms with Gasteiger partial charge in [-0.15, -0.1) is 0 Å². The first-order chi connectivity index (χ1) is 4.61. The van der Waals surface area contributed by atoms with Gasteiger partial charge in [-0.3, -0.25) is 9.80 Å². The Morgan fingerprint density at radius 3 is 1.90 bits per heavy atom. The van der Waals surface area contributed by atoms with Crippen LogP contribution in [0.1, 0.15) is 6.92 Å². The third kappa shape index (κ3) is 0.879. The fourth-order valence-corrected chi connectivity index (χ4v) is 1.36. The van der Waals surface area contributed by atoms with Crippen molar-refractivity contribution in [2.75, 3.05) is 27.2 Å². The average molecular weight is 140 g/mol. The summed E-state index contributed by atoms with van der Waals surface area (Å²) in [6.07, 6.45) is 2.00. The molecule has 58 valence electrons. The van der Waals surface area contributed by atoms with Crippen LogP contribution in [0, 0.1) is 0 Å². The Morgan fingerprint density at radius 1 is 1.30 bits per heavy atom. The fourth-order valence-electron chi connectivity index (χ4n) is 1.36. The predicted octanol–water partition coefficient (Wildman–Crippen LogP) is 0.766. The summed E-state index contributed by atoms with van der Waals surface area (Å²) < 4.78 is 0. The third-order valence-corrected chi connectivity index (χ3v) is 2.70. The van der Waals surface area contributed by atoms with E-state index in [9.17, 15) is 0 Å². The highest BCUT2D eigenvalue weighted by molar-refractivity contribution is 5.02. The van der Waals surface area contributed by atoms with Crippen molar-refractivity contribution in [2.45, 2.75) is 12.6 Å². The first-order valence-electron chi connectivity index (χ1n) is 3.67. The smallest absolute Gasteiger partial charge is 0.0893 e. The third-order valence-electron chi connectivity index (χ3n) is 2.70. The van der Waals surface area contributed by atoms with Crippen molar-refractivity contribution in [1.82, 2.24) is 9.80 Å². The van der Waals surface area contributed by atoms with Gasteiger partial charge in [0.2, 0.25) is 0 Å². The van der Waals surface area contributed by atoms with E-state index in [0.29, 0.717) is 0 Å². The van der Waals surface area contributed by atoms with Crippen LogP contribution < -0.4 is 0 Å². The van der Waals surface area contributed by atoms with Crippen LogP contribution in [0.2, 0.25) is 0 Å². The van der Waals surface area contributed by atoms with E-state index in [1.54, 1.807) is 0 Å². The van der Waals surface area contributed by atoms with E-state index in [1.807, 2.05) is 6.08 Å². The van der Waals surface area contributed by atoms with E-state index in [-0.39, 0.29) is 5.66 Å². The maximum Gasteiger partial charge on any atom is 0.0893 e. The Balaban J connectivity index is 2.79. The highest BCUT2D eigenvalue weighted by atomic mass is 15.4. The van der Waals surface area contributed by atoms with E-state index >= 15 is 0 Å². The summed E-state index contributed by atoms with van der Waals surface area (Å²) in [5.41, 5.74) is 0.0833. The van der Waals surface area contributed by atoms with Crippen LogP contribution in [0.4, 0.5) is 0 Å². The Kier molecular flexibility index (Phi) is 1.84. The van der Waals surface area contributed by atoms with Crippen LogP contribution in [0.25, 0.3) is 0 Å². The van der Waals surface area contributed by atoms with Crippen molar-refractivity contribution in [2.24, 2.45) is 0 Å². The standard InChI is InChI=1S/C8H16N2/c1-5-8(2)9(3)6-7-10(8)4/h5H,1,6-7H2,2-4H3. The van der Waals surface area contributed by atoms with Crippen molar-refractivity contribution in [3.63, 3.8) is 0 Å². The van der Waals surface area contributed by atoms with Gasteiger partial charge < -0.3 is 0 Å². The lowest BCUT2D eigenvalue weighted by molar-refractivity contribution is 0.122. The second-order valence-electron chi connectivity index (χ2n) is 3.14. The van der Waals surface area contributed by atoms with Gasteiger partial charge in [0, 0.05) is 13.1 Å². The number of likely N-dealkylation sites (N-methyl/N-ethyl adjacent to an activating group) is 2. The van der Waals surface area contributed by atoms with Gasteiger partial charge in [-0.25, -0.2) is 0 Å². The Labute approximate surface area is 63.1 Å². The second kappa shape index (κ2) is 2.36. The van der Waals surface area contributed by atoms with Crippen molar-refractivity contribution in [3.8, 4) is 0 Å². The summed E-state index contributed by atoms with van der Waals surface area (Å²) in [5, 5.41) is 0. The summed E-state index contributed by atoms with van der Waals surface area (Å²) in [4.78, 5) is 4.61. The number of hydrogen-bond donors (Lipinski definition) is 0. The molecular formula is C8H16N2. The Hall–Kier alpha value is -0.340. The quantitative estimate of drug-likeness (QED) is 0.496. The van der Waals surface area contributed by atoms with Gasteiger partial charge in [0.25, 0.3) is 0 Å². The van der Waals surface area contributed by atoms with E-state index < -0.39 is 0 Å². The maximum atomic E-state index is 3.83. The molecule has 1 rings (SSSR count). The summed E-state index contributed by atoms with van der Waals surface area (Å²) in [5.74, 6) is 0. The molecule has 0 saturated carbocycles. The normalized spacial score (nSPS) is 27.1. The van der Waals surface area contributed by atoms with Crippen LogP contribution in [0.5, 0.6) is 0 Å². The molecule has 0 aromatic rings. The molecular weight excluding hydrogens is 124 g/mol. The lowest BCUT2D eigenvalue weighted by Gasteiger charge is -2.34. The van der Waals surface area contributed by atoms with Crippen LogP contribution in [0.3, 0.4) is 0 Å². The molecule has 0 aromatic carbocycles. The van der Waals surface area contributed by atoms with E-state index in [0.717, 1.165) is 13.1 Å². The van der Waals surface area contributed by atoms with Crippen LogP contribution in [-0.2, 0) is 0 Å². The lowest BCUT2D eigenvalue weighted by atomic mass is 10.2. The SMILES string of the molecule is C=CC1(C)N(C)CCN1C. The van der Waals surface area contributed by atoms with E-state index in [1.165, 1.54) is 0 Å². The molecule has 0 radical (unpaired) electrons. The molecule has 2 heteroatoms. The highest BCUT2D eigenvalue weighted by Gasteiger charge is 2.35. The second-order valence-corrected chi connectivity index (χ2v) is 3.14. The maximum absolute atomic E-state index is 3.83. The minimum atomic E-state index is 0.0833. The molecule has 1 aliphatic heterocycles. The van der Waals surface area contributed by atoms with Gasteiger partial charge >= 0.3 is 0 Å². The largest absolute Gasteiger partial charge is 0.284 e. The van der Waals surface area contributed by atoms with Gasteiger partial charge in [-0.2, -0.15) is 0 Å². The summed E-state index contributed by atoms with van der Waals surface area (Å²) in [6, 6.07) is 0. The van der Waals surface area contributed by atoms with Crippen molar-refractivity contribution >= 4 is 0 Å². The fraction of sp³-hybridized carbons (Fsp3) is 0.750. The van der Waals surface area contributed by atoms with E-state index in [2.05, 4.69) is 37.4 Å². The molecule has 1 heterocycles. The number of hydrogen-bond acceptors (Lipinski definition) is 2. The van der Waals surface area contributed by atoms with Crippen LogP contribution >= 0.6 is 0 Å². The average Bonchev–Trinajstić information content (AvgIpc) is 2.18. The van der Waals surface area contributed by atoms with Gasteiger partial charge in [0.05, 0.1) is 5.66 Å². The van der Waals surface area contributed by atoms with Crippen molar-refractivity contribution < 1.29 is 0 Å². The molecule has 0 N–H and O–H groups in total. The molecule has 0 spiro atoms. The van der Waals surface area contributed by atoms with Gasteiger partial charge in [-0.05, 0) is 21.0 Å². The zero-order valence-electron chi connectivity index (χ0n) is 7.09. The molecule has 1 fully saturated rings. The van der Waals surface area contributed by atoms with Crippen molar-refractivity contribution in [3.05, 3.63) is 12.7 Å². The molecule has 10 heavy (non-hydrogen) atoms. The summed E-state index contributed by atoms with van der Waals surface area (Å²) in [6.45, 7) is 8.30. The van der Waals surface area contributed by atoms with Gasteiger partial charge in [0.15, 0.2) is 0 Å². The first kappa shape index (κ1) is 7.76. The predicted molar refractivity (Wildman–Crippen MR) is 43.9 cm³/mol. The molecule has 0 unspecified atom stereocenters. The van der Waals surface area contributed by atoms with Crippen molar-refractivity contribution in [1.29, 1.82) is 0 Å². The molecule has 0 aliphatic carbocycles. The first-order valence-corrected chi connectivity index (χ1v) is 3.67. The Morgan fingerprint density at radius 2 is 1.70 bits per heavy atom. The number of rotatable bonds is 1. The molecule has 0 amide bonds. The lowest BCUT2D eigenvalue weighted by Crippen LogP contribution is -2.45. The van der Waals surface area contributed by atoms with Gasteiger partial charge in [0.1, 0.15) is 0 Å². The molecule has 2 nitrogen and oxygen atoms in total. The topological polar surface area (TPSA) is 6.48 Å². The highest BCUT2D eigenvalue weighted by Crippen LogP contribution is 2.23. The molecule has 0 atom stereocenters. The molecule has 1 saturated heterocycles. The zero-order chi connectivity index (χ0) is 7.78. The van der Waals surface area contributed by atoms with E-state index in [4.69, 9.17) is 0 Å². The molecule has 1 aliphatic rings. The summed E-state index contributed by atoms with van der Waals surface area (Å²) >= 11 is 0.